The van der Waals surface area contributed by atoms with E-state index in [4.69, 9.17) is 10.8 Å². The van der Waals surface area contributed by atoms with E-state index in [0.717, 1.165) is 19.3 Å². The Morgan fingerprint density at radius 1 is 1.41 bits per heavy atom. The van der Waals surface area contributed by atoms with Crippen LogP contribution in [0.3, 0.4) is 0 Å². The maximum Gasteiger partial charge on any atom is 0.326 e. The van der Waals surface area contributed by atoms with Gasteiger partial charge in [-0.05, 0) is 24.7 Å². The summed E-state index contributed by atoms with van der Waals surface area (Å²) in [5, 5.41) is 11.6. The topological polar surface area (TPSA) is 92.4 Å². The summed E-state index contributed by atoms with van der Waals surface area (Å²) in [4.78, 5) is 22.8. The normalized spacial score (nSPS) is 20.2. The Kier molecular flexibility index (Phi) is 3.81. The number of carboxylic acid groups (broad SMARTS) is 1. The van der Waals surface area contributed by atoms with Crippen LogP contribution in [-0.2, 0) is 9.59 Å². The van der Waals surface area contributed by atoms with Gasteiger partial charge >= 0.3 is 5.97 Å². The van der Waals surface area contributed by atoms with E-state index in [1.165, 1.54) is 0 Å². The molecule has 5 nitrogen and oxygen atoms in total. The molecule has 0 aromatic heterocycles. The standard InChI is InChI=1S/C12H22N2O3/c1-11(2,3)9(10(16)17)14-8(15)7-12(13)5-4-6-12/h9H,4-7,13H2,1-3H3,(H,14,15)(H,16,17). The van der Waals surface area contributed by atoms with E-state index < -0.39 is 23.0 Å². The summed E-state index contributed by atoms with van der Waals surface area (Å²) in [7, 11) is 0. The Morgan fingerprint density at radius 3 is 2.24 bits per heavy atom. The summed E-state index contributed by atoms with van der Waals surface area (Å²) in [6, 6.07) is -0.876. The molecule has 1 aliphatic carbocycles. The third kappa shape index (κ3) is 3.70. The Morgan fingerprint density at radius 2 is 1.94 bits per heavy atom. The van der Waals surface area contributed by atoms with Crippen molar-refractivity contribution in [2.75, 3.05) is 0 Å². The van der Waals surface area contributed by atoms with E-state index in [2.05, 4.69) is 5.32 Å². The molecule has 4 N–H and O–H groups in total. The molecule has 1 amide bonds. The van der Waals surface area contributed by atoms with Crippen molar-refractivity contribution in [3.8, 4) is 0 Å². The molecule has 1 fully saturated rings. The van der Waals surface area contributed by atoms with Crippen molar-refractivity contribution in [1.29, 1.82) is 0 Å². The van der Waals surface area contributed by atoms with E-state index >= 15 is 0 Å². The molecular formula is C12H22N2O3. The lowest BCUT2D eigenvalue weighted by atomic mass is 9.75. The van der Waals surface area contributed by atoms with Gasteiger partial charge in [0.25, 0.3) is 0 Å². The van der Waals surface area contributed by atoms with Crippen LogP contribution in [-0.4, -0.2) is 28.6 Å². The van der Waals surface area contributed by atoms with Crippen LogP contribution in [0.1, 0.15) is 46.5 Å². The van der Waals surface area contributed by atoms with Gasteiger partial charge in [-0.3, -0.25) is 4.79 Å². The molecule has 0 radical (unpaired) electrons. The monoisotopic (exact) mass is 242 g/mol. The van der Waals surface area contributed by atoms with Crippen LogP contribution < -0.4 is 11.1 Å². The summed E-state index contributed by atoms with van der Waals surface area (Å²) >= 11 is 0. The van der Waals surface area contributed by atoms with Crippen molar-refractivity contribution < 1.29 is 14.7 Å². The van der Waals surface area contributed by atoms with E-state index in [9.17, 15) is 9.59 Å². The first-order valence-electron chi connectivity index (χ1n) is 5.95. The van der Waals surface area contributed by atoms with Gasteiger partial charge in [0.2, 0.25) is 5.91 Å². The first-order chi connectivity index (χ1) is 7.64. The molecule has 0 aromatic carbocycles. The fourth-order valence-corrected chi connectivity index (χ4v) is 1.99. The lowest BCUT2D eigenvalue weighted by Crippen LogP contribution is -2.54. The highest BCUT2D eigenvalue weighted by molar-refractivity contribution is 5.84. The molecule has 17 heavy (non-hydrogen) atoms. The number of carboxylic acids is 1. The molecule has 0 aliphatic heterocycles. The zero-order chi connectivity index (χ0) is 13.3. The van der Waals surface area contributed by atoms with Crippen LogP contribution in [0, 0.1) is 5.41 Å². The van der Waals surface area contributed by atoms with Gasteiger partial charge in [0, 0.05) is 12.0 Å². The minimum atomic E-state index is -1.01. The van der Waals surface area contributed by atoms with E-state index in [-0.39, 0.29) is 12.3 Å². The molecule has 98 valence electrons. The van der Waals surface area contributed by atoms with Crippen molar-refractivity contribution >= 4 is 11.9 Å². The lowest BCUT2D eigenvalue weighted by molar-refractivity contribution is -0.145. The number of amides is 1. The van der Waals surface area contributed by atoms with E-state index in [1.54, 1.807) is 20.8 Å². The third-order valence-electron chi connectivity index (χ3n) is 3.28. The smallest absolute Gasteiger partial charge is 0.326 e. The SMILES string of the molecule is CC(C)(C)C(NC(=O)CC1(N)CCC1)C(=O)O. The molecular weight excluding hydrogens is 220 g/mol. The molecule has 1 unspecified atom stereocenters. The predicted molar refractivity (Wildman–Crippen MR) is 64.4 cm³/mol. The summed E-state index contributed by atoms with van der Waals surface area (Å²) < 4.78 is 0. The largest absolute Gasteiger partial charge is 0.480 e. The van der Waals surface area contributed by atoms with Crippen molar-refractivity contribution in [1.82, 2.24) is 5.32 Å². The van der Waals surface area contributed by atoms with Gasteiger partial charge in [-0.15, -0.1) is 0 Å². The third-order valence-corrected chi connectivity index (χ3v) is 3.28. The number of nitrogens with one attached hydrogen (secondary N) is 1. The fraction of sp³-hybridized carbons (Fsp3) is 0.833. The molecule has 0 saturated heterocycles. The van der Waals surface area contributed by atoms with Gasteiger partial charge in [-0.1, -0.05) is 20.8 Å². The zero-order valence-corrected chi connectivity index (χ0v) is 10.7. The van der Waals surface area contributed by atoms with Crippen LogP contribution >= 0.6 is 0 Å². The maximum atomic E-state index is 11.8. The first kappa shape index (κ1) is 14.0. The Bertz CT molecular complexity index is 316. The molecule has 0 aromatic rings. The van der Waals surface area contributed by atoms with Crippen LogP contribution in [0.2, 0.25) is 0 Å². The molecule has 1 aliphatic rings. The number of nitrogens with two attached hydrogens (primary N) is 1. The number of hydrogen-bond donors (Lipinski definition) is 3. The summed E-state index contributed by atoms with van der Waals surface area (Å²) in [5.41, 5.74) is 5.03. The van der Waals surface area contributed by atoms with E-state index in [0.29, 0.717) is 0 Å². The molecule has 0 heterocycles. The average molecular weight is 242 g/mol. The van der Waals surface area contributed by atoms with Crippen LogP contribution in [0.5, 0.6) is 0 Å². The van der Waals surface area contributed by atoms with Gasteiger partial charge in [0.05, 0.1) is 0 Å². The highest BCUT2D eigenvalue weighted by Gasteiger charge is 2.37. The van der Waals surface area contributed by atoms with Crippen molar-refractivity contribution in [2.24, 2.45) is 11.1 Å². The Balaban J connectivity index is 2.56. The average Bonchev–Trinajstić information content (AvgIpc) is 2.09. The number of rotatable bonds is 4. The van der Waals surface area contributed by atoms with Gasteiger partial charge in [0.15, 0.2) is 0 Å². The second-order valence-electron chi connectivity index (χ2n) is 6.10. The van der Waals surface area contributed by atoms with Crippen LogP contribution in [0.25, 0.3) is 0 Å². The van der Waals surface area contributed by atoms with Gasteiger partial charge in [-0.25, -0.2) is 4.79 Å². The lowest BCUT2D eigenvalue weighted by Gasteiger charge is -2.38. The van der Waals surface area contributed by atoms with Crippen LogP contribution in [0.4, 0.5) is 0 Å². The van der Waals surface area contributed by atoms with Gasteiger partial charge in [0.1, 0.15) is 6.04 Å². The molecule has 0 spiro atoms. The number of carbonyl (C=O) groups excluding carboxylic acids is 1. The Hall–Kier alpha value is -1.10. The second kappa shape index (κ2) is 4.64. The fourth-order valence-electron chi connectivity index (χ4n) is 1.99. The minimum absolute atomic E-state index is 0.215. The Labute approximate surface area is 102 Å². The van der Waals surface area contributed by atoms with Crippen molar-refractivity contribution in [3.05, 3.63) is 0 Å². The van der Waals surface area contributed by atoms with Crippen LogP contribution in [0.15, 0.2) is 0 Å². The van der Waals surface area contributed by atoms with Crippen molar-refractivity contribution in [3.63, 3.8) is 0 Å². The first-order valence-corrected chi connectivity index (χ1v) is 5.95. The quantitative estimate of drug-likeness (QED) is 0.682. The highest BCUT2D eigenvalue weighted by atomic mass is 16.4. The highest BCUT2D eigenvalue weighted by Crippen LogP contribution is 2.32. The van der Waals surface area contributed by atoms with Gasteiger partial charge in [-0.2, -0.15) is 0 Å². The number of aliphatic carboxylic acids is 1. The maximum absolute atomic E-state index is 11.8. The predicted octanol–water partition coefficient (Wildman–Crippen LogP) is 0.873. The molecule has 1 saturated carbocycles. The summed E-state index contributed by atoms with van der Waals surface area (Å²) in [5.74, 6) is -1.28. The number of carbonyl (C=O) groups is 2. The molecule has 0 bridgehead atoms. The summed E-state index contributed by atoms with van der Waals surface area (Å²) in [6.07, 6.45) is 2.94. The molecule has 1 rings (SSSR count). The minimum Gasteiger partial charge on any atom is -0.480 e. The number of hydrogen-bond acceptors (Lipinski definition) is 3. The molecule has 5 heteroatoms. The summed E-state index contributed by atoms with van der Waals surface area (Å²) in [6.45, 7) is 5.36. The zero-order valence-electron chi connectivity index (χ0n) is 10.7. The molecule has 1 atom stereocenters. The van der Waals surface area contributed by atoms with E-state index in [1.807, 2.05) is 0 Å². The van der Waals surface area contributed by atoms with Gasteiger partial charge < -0.3 is 16.2 Å². The van der Waals surface area contributed by atoms with Crippen molar-refractivity contribution in [2.45, 2.75) is 58.0 Å². The second-order valence-corrected chi connectivity index (χ2v) is 6.10.